The highest BCUT2D eigenvalue weighted by Gasteiger charge is 2.46. The van der Waals surface area contributed by atoms with Crippen LogP contribution in [0.4, 0.5) is 5.69 Å². The molecule has 202 valence electrons. The molecule has 10 heteroatoms. The highest BCUT2D eigenvalue weighted by molar-refractivity contribution is 5.92. The smallest absolute Gasteiger partial charge is 0.231 e. The maximum absolute atomic E-state index is 12.8. The van der Waals surface area contributed by atoms with Crippen LogP contribution in [0.15, 0.2) is 60.9 Å². The van der Waals surface area contributed by atoms with Gasteiger partial charge in [0, 0.05) is 36.1 Å². The Kier molecular flexibility index (Phi) is 7.04. The van der Waals surface area contributed by atoms with Gasteiger partial charge >= 0.3 is 0 Å². The molecule has 1 aromatic heterocycles. The molecule has 4 atom stereocenters. The van der Waals surface area contributed by atoms with E-state index in [2.05, 4.69) is 15.6 Å². The van der Waals surface area contributed by atoms with Gasteiger partial charge in [-0.3, -0.25) is 14.6 Å². The highest BCUT2D eigenvalue weighted by atomic mass is 16.7. The molecule has 0 aliphatic carbocycles. The van der Waals surface area contributed by atoms with E-state index in [4.69, 9.17) is 18.9 Å². The Morgan fingerprint density at radius 2 is 1.77 bits per heavy atom. The van der Waals surface area contributed by atoms with Gasteiger partial charge in [0.2, 0.25) is 18.6 Å². The quantitative estimate of drug-likeness (QED) is 0.405. The summed E-state index contributed by atoms with van der Waals surface area (Å²) in [5.41, 5.74) is 3.39. The lowest BCUT2D eigenvalue weighted by atomic mass is 9.84. The van der Waals surface area contributed by atoms with Gasteiger partial charge in [0.05, 0.1) is 25.6 Å². The SMILES string of the molecule is O=C(C[C@@H]1C[C@H]2c3cc(NC(=O)Cc4ccncc4)ccc3O[C@H]2[C@H](CO)O1)NCc1ccc2c(c1)OCO2. The van der Waals surface area contributed by atoms with Crippen molar-refractivity contribution in [2.24, 2.45) is 0 Å². The number of aromatic nitrogens is 1. The zero-order valence-electron chi connectivity index (χ0n) is 21.2. The molecule has 4 heterocycles. The number of amides is 2. The molecule has 0 radical (unpaired) electrons. The van der Waals surface area contributed by atoms with Gasteiger partial charge < -0.3 is 34.7 Å². The van der Waals surface area contributed by atoms with Crippen LogP contribution in [0.3, 0.4) is 0 Å². The lowest BCUT2D eigenvalue weighted by Crippen LogP contribution is -2.47. The van der Waals surface area contributed by atoms with Crippen LogP contribution >= 0.6 is 0 Å². The lowest BCUT2D eigenvalue weighted by molar-refractivity contribution is -0.142. The predicted octanol–water partition coefficient (Wildman–Crippen LogP) is 2.69. The van der Waals surface area contributed by atoms with E-state index in [0.717, 1.165) is 16.7 Å². The van der Waals surface area contributed by atoms with Crippen LogP contribution < -0.4 is 24.8 Å². The van der Waals surface area contributed by atoms with Crippen LogP contribution in [-0.4, -0.2) is 53.6 Å². The van der Waals surface area contributed by atoms with Crippen molar-refractivity contribution in [1.82, 2.24) is 10.3 Å². The zero-order valence-corrected chi connectivity index (χ0v) is 21.2. The Morgan fingerprint density at radius 1 is 0.949 bits per heavy atom. The second-order valence-corrected chi connectivity index (χ2v) is 9.91. The second kappa shape index (κ2) is 10.9. The standard InChI is InChI=1S/C29H29N3O7/c33-15-26-29-22(12-20(38-26)13-27(34)31-14-18-1-3-24-25(9-18)37-16-36-24)21-11-19(2-4-23(21)39-29)32-28(35)10-17-5-7-30-8-6-17/h1-9,11,20,22,26,29,33H,10,12-16H2,(H,31,34)(H,32,35)/t20-,22-,26-,29+/m0/s1. The maximum Gasteiger partial charge on any atom is 0.231 e. The van der Waals surface area contributed by atoms with Crippen molar-refractivity contribution in [2.45, 2.75) is 50.0 Å². The first kappa shape index (κ1) is 25.1. The third kappa shape index (κ3) is 5.52. The third-order valence-electron chi connectivity index (χ3n) is 7.24. The lowest BCUT2D eigenvalue weighted by Gasteiger charge is -2.37. The predicted molar refractivity (Wildman–Crippen MR) is 140 cm³/mol. The summed E-state index contributed by atoms with van der Waals surface area (Å²) < 4.78 is 22.9. The minimum absolute atomic E-state index is 0.0744. The van der Waals surface area contributed by atoms with Crippen LogP contribution in [0.25, 0.3) is 0 Å². The summed E-state index contributed by atoms with van der Waals surface area (Å²) in [6, 6.07) is 14.7. The molecule has 3 aliphatic heterocycles. The van der Waals surface area contributed by atoms with Crippen molar-refractivity contribution in [3.8, 4) is 17.2 Å². The van der Waals surface area contributed by atoms with E-state index in [0.29, 0.717) is 35.9 Å². The first-order valence-corrected chi connectivity index (χ1v) is 13.0. The largest absolute Gasteiger partial charge is 0.487 e. The Bertz CT molecular complexity index is 1370. The van der Waals surface area contributed by atoms with Crippen LogP contribution in [-0.2, 0) is 27.3 Å². The minimum Gasteiger partial charge on any atom is -0.487 e. The summed E-state index contributed by atoms with van der Waals surface area (Å²) >= 11 is 0. The molecule has 1 saturated heterocycles. The van der Waals surface area contributed by atoms with Crippen LogP contribution in [0.1, 0.15) is 35.4 Å². The summed E-state index contributed by atoms with van der Waals surface area (Å²) in [4.78, 5) is 29.3. The maximum atomic E-state index is 12.8. The summed E-state index contributed by atoms with van der Waals surface area (Å²) in [5, 5.41) is 15.9. The number of nitrogens with zero attached hydrogens (tertiary/aromatic N) is 1. The average molecular weight is 532 g/mol. The molecular formula is C29H29N3O7. The number of benzene rings is 2. The normalized spacial score (nSPS) is 22.4. The second-order valence-electron chi connectivity index (χ2n) is 9.91. The van der Waals surface area contributed by atoms with Crippen molar-refractivity contribution >= 4 is 17.5 Å². The van der Waals surface area contributed by atoms with Gasteiger partial charge in [0.1, 0.15) is 18.0 Å². The zero-order chi connectivity index (χ0) is 26.8. The molecular weight excluding hydrogens is 502 g/mol. The van der Waals surface area contributed by atoms with Gasteiger partial charge in [-0.05, 0) is 60.0 Å². The highest BCUT2D eigenvalue weighted by Crippen LogP contribution is 2.47. The number of anilines is 1. The fourth-order valence-corrected chi connectivity index (χ4v) is 5.39. The molecule has 39 heavy (non-hydrogen) atoms. The van der Waals surface area contributed by atoms with E-state index in [-0.39, 0.29) is 56.2 Å². The number of aliphatic hydroxyl groups is 1. The van der Waals surface area contributed by atoms with E-state index in [9.17, 15) is 14.7 Å². The van der Waals surface area contributed by atoms with Crippen molar-refractivity contribution in [2.75, 3.05) is 18.7 Å². The van der Waals surface area contributed by atoms with Gasteiger partial charge in [-0.2, -0.15) is 0 Å². The molecule has 2 amide bonds. The van der Waals surface area contributed by atoms with Crippen LogP contribution in [0.2, 0.25) is 0 Å². The molecule has 1 fully saturated rings. The van der Waals surface area contributed by atoms with Gasteiger partial charge in [-0.25, -0.2) is 0 Å². The fourth-order valence-electron chi connectivity index (χ4n) is 5.39. The molecule has 3 N–H and O–H groups in total. The van der Waals surface area contributed by atoms with Gasteiger partial charge in [0.25, 0.3) is 0 Å². The molecule has 3 aliphatic rings. The number of aliphatic hydroxyl groups excluding tert-OH is 1. The van der Waals surface area contributed by atoms with Gasteiger partial charge in [-0.1, -0.05) is 6.07 Å². The molecule has 0 bridgehead atoms. The summed E-state index contributed by atoms with van der Waals surface area (Å²) in [7, 11) is 0. The number of nitrogens with one attached hydrogen (secondary N) is 2. The summed E-state index contributed by atoms with van der Waals surface area (Å²) in [6.07, 6.45) is 2.96. The van der Waals surface area contributed by atoms with Gasteiger partial charge in [-0.15, -0.1) is 0 Å². The van der Waals surface area contributed by atoms with E-state index >= 15 is 0 Å². The van der Waals surface area contributed by atoms with Gasteiger partial charge in [0.15, 0.2) is 11.5 Å². The summed E-state index contributed by atoms with van der Waals surface area (Å²) in [6.45, 7) is 0.330. The minimum atomic E-state index is -0.562. The van der Waals surface area contributed by atoms with Crippen molar-refractivity contribution < 1.29 is 33.6 Å². The molecule has 10 nitrogen and oxygen atoms in total. The number of hydrogen-bond acceptors (Lipinski definition) is 8. The number of fused-ring (bicyclic) bond motifs is 4. The molecule has 3 aromatic rings. The van der Waals surface area contributed by atoms with Crippen LogP contribution in [0.5, 0.6) is 17.2 Å². The number of hydrogen-bond donors (Lipinski definition) is 3. The Hall–Kier alpha value is -4.15. The fraction of sp³-hybridized carbons (Fsp3) is 0.345. The van der Waals surface area contributed by atoms with E-state index in [1.165, 1.54) is 0 Å². The Morgan fingerprint density at radius 3 is 2.62 bits per heavy atom. The first-order chi connectivity index (χ1) is 19.1. The first-order valence-electron chi connectivity index (χ1n) is 13.0. The number of carbonyl (C=O) groups is 2. The van der Waals surface area contributed by atoms with E-state index in [1.807, 2.05) is 42.5 Å². The van der Waals surface area contributed by atoms with E-state index in [1.54, 1.807) is 18.5 Å². The van der Waals surface area contributed by atoms with Crippen molar-refractivity contribution in [3.05, 3.63) is 77.6 Å². The monoisotopic (exact) mass is 531 g/mol. The third-order valence-corrected chi connectivity index (χ3v) is 7.24. The number of ether oxygens (including phenoxy) is 4. The number of pyridine rings is 1. The summed E-state index contributed by atoms with van der Waals surface area (Å²) in [5.74, 6) is 1.71. The number of rotatable bonds is 8. The van der Waals surface area contributed by atoms with Crippen molar-refractivity contribution in [1.29, 1.82) is 0 Å². The van der Waals surface area contributed by atoms with E-state index < -0.39 is 6.10 Å². The number of carbonyl (C=O) groups excluding carboxylic acids is 2. The Balaban J connectivity index is 1.09. The molecule has 2 aromatic carbocycles. The molecule has 0 saturated carbocycles. The molecule has 6 rings (SSSR count). The Labute approximate surface area is 225 Å². The molecule has 0 spiro atoms. The van der Waals surface area contributed by atoms with Crippen LogP contribution in [0, 0.1) is 0 Å². The molecule has 0 unspecified atom stereocenters. The van der Waals surface area contributed by atoms with Crippen molar-refractivity contribution in [3.63, 3.8) is 0 Å². The average Bonchev–Trinajstić information content (AvgIpc) is 3.56. The topological polar surface area (TPSA) is 128 Å².